The third-order valence-corrected chi connectivity index (χ3v) is 7.99. The van der Waals surface area contributed by atoms with E-state index >= 15 is 0 Å². The van der Waals surface area contributed by atoms with Gasteiger partial charge in [0, 0.05) is 36.6 Å². The van der Waals surface area contributed by atoms with Crippen LogP contribution in [-0.2, 0) is 15.0 Å². The Kier molecular flexibility index (Phi) is 6.40. The number of carbonyl (C=O) groups excluding carboxylic acids is 3. The molecule has 2 aliphatic rings. The Morgan fingerprint density at radius 1 is 1.29 bits per heavy atom. The fourth-order valence-electron chi connectivity index (χ4n) is 5.65. The molecule has 38 heavy (non-hydrogen) atoms. The predicted octanol–water partition coefficient (Wildman–Crippen LogP) is 4.46. The van der Waals surface area contributed by atoms with Crippen LogP contribution in [-0.4, -0.2) is 58.2 Å². The SMILES string of the molecule is CC(C)C[C@@H](C(=O)N1C[C@]2(C[C@H]1C#N)C(=O)Nc1ccccc12)N(C)C(=O)c1[nH]c2ccc(F)cc2c1Cl. The highest BCUT2D eigenvalue weighted by molar-refractivity contribution is 6.38. The van der Waals surface area contributed by atoms with Gasteiger partial charge < -0.3 is 20.1 Å². The van der Waals surface area contributed by atoms with Crippen molar-refractivity contribution in [3.63, 3.8) is 0 Å². The van der Waals surface area contributed by atoms with E-state index in [9.17, 15) is 24.0 Å². The van der Waals surface area contributed by atoms with Gasteiger partial charge in [0.1, 0.15) is 23.6 Å². The van der Waals surface area contributed by atoms with Crippen LogP contribution < -0.4 is 5.32 Å². The third kappa shape index (κ3) is 4.00. The van der Waals surface area contributed by atoms with E-state index in [1.165, 1.54) is 35.0 Å². The highest BCUT2D eigenvalue weighted by Gasteiger charge is 2.56. The minimum Gasteiger partial charge on any atom is -0.349 e. The number of halogens is 2. The molecule has 1 spiro atoms. The smallest absolute Gasteiger partial charge is 0.272 e. The topological polar surface area (TPSA) is 109 Å². The number of anilines is 1. The maximum atomic E-state index is 14.0. The summed E-state index contributed by atoms with van der Waals surface area (Å²) >= 11 is 6.45. The minimum absolute atomic E-state index is 0.0377. The maximum Gasteiger partial charge on any atom is 0.272 e. The number of amides is 3. The molecule has 3 heterocycles. The lowest BCUT2D eigenvalue weighted by Crippen LogP contribution is -2.52. The number of nitrogens with one attached hydrogen (secondary N) is 2. The summed E-state index contributed by atoms with van der Waals surface area (Å²) in [4.78, 5) is 46.5. The second kappa shape index (κ2) is 9.44. The Morgan fingerprint density at radius 3 is 2.74 bits per heavy atom. The molecular weight excluding hydrogens is 509 g/mol. The van der Waals surface area contributed by atoms with Gasteiger partial charge in [-0.1, -0.05) is 43.6 Å². The zero-order chi connectivity index (χ0) is 27.4. The number of aromatic nitrogens is 1. The standard InChI is InChI=1S/C28H27ClFN5O3/c1-15(2)10-22(34(3)26(37)24-23(29)18-11-16(30)8-9-20(18)32-24)25(36)35-14-28(12-17(35)13-31)19-6-4-5-7-21(19)33-27(28)38/h4-9,11,15,17,22,32H,10,12,14H2,1-3H3,(H,33,38)/t17-,22-,28-/m0/s1. The van der Waals surface area contributed by atoms with E-state index in [2.05, 4.69) is 16.4 Å². The molecule has 2 aromatic carbocycles. The van der Waals surface area contributed by atoms with Crippen LogP contribution in [0.5, 0.6) is 0 Å². The minimum atomic E-state index is -1.03. The number of carbonyl (C=O) groups is 3. The highest BCUT2D eigenvalue weighted by Crippen LogP contribution is 2.46. The number of hydrogen-bond donors (Lipinski definition) is 2. The average Bonchev–Trinajstić information content (AvgIpc) is 3.53. The van der Waals surface area contributed by atoms with Gasteiger partial charge in [0.2, 0.25) is 11.8 Å². The first kappa shape index (κ1) is 25.7. The molecule has 1 aromatic heterocycles. The van der Waals surface area contributed by atoms with Gasteiger partial charge in [0.15, 0.2) is 0 Å². The Hall–Kier alpha value is -3.90. The number of H-pyrrole nitrogens is 1. The molecule has 0 unspecified atom stereocenters. The summed E-state index contributed by atoms with van der Waals surface area (Å²) in [6, 6.07) is 11.8. The zero-order valence-corrected chi connectivity index (χ0v) is 22.0. The van der Waals surface area contributed by atoms with Gasteiger partial charge in [-0.2, -0.15) is 5.26 Å². The molecule has 196 valence electrons. The number of nitriles is 1. The number of hydrogen-bond acceptors (Lipinski definition) is 4. The molecule has 1 fully saturated rings. The van der Waals surface area contributed by atoms with E-state index in [1.807, 2.05) is 32.0 Å². The summed E-state index contributed by atoms with van der Waals surface area (Å²) in [5, 5.41) is 13.3. The monoisotopic (exact) mass is 535 g/mol. The first-order valence-corrected chi connectivity index (χ1v) is 12.8. The lowest BCUT2D eigenvalue weighted by Gasteiger charge is -2.33. The molecule has 3 aromatic rings. The van der Waals surface area contributed by atoms with Gasteiger partial charge >= 0.3 is 0 Å². The predicted molar refractivity (Wildman–Crippen MR) is 141 cm³/mol. The number of rotatable bonds is 5. The van der Waals surface area contributed by atoms with Crippen molar-refractivity contribution in [1.82, 2.24) is 14.8 Å². The van der Waals surface area contributed by atoms with Crippen LogP contribution in [0, 0.1) is 23.1 Å². The first-order chi connectivity index (χ1) is 18.1. The van der Waals surface area contributed by atoms with E-state index in [-0.39, 0.29) is 35.5 Å². The summed E-state index contributed by atoms with van der Waals surface area (Å²) in [5.74, 6) is -1.62. The Labute approximate surface area is 224 Å². The van der Waals surface area contributed by atoms with E-state index in [0.29, 0.717) is 23.0 Å². The van der Waals surface area contributed by atoms with Gasteiger partial charge in [-0.25, -0.2) is 4.39 Å². The summed E-state index contributed by atoms with van der Waals surface area (Å²) in [6.45, 7) is 3.91. The number of likely N-dealkylation sites (tertiary alicyclic amines) is 1. The van der Waals surface area contributed by atoms with Crippen molar-refractivity contribution in [1.29, 1.82) is 5.26 Å². The van der Waals surface area contributed by atoms with Crippen molar-refractivity contribution in [2.24, 2.45) is 5.92 Å². The van der Waals surface area contributed by atoms with Crippen LogP contribution in [0.1, 0.15) is 42.7 Å². The molecule has 0 bridgehead atoms. The average molecular weight is 536 g/mol. The van der Waals surface area contributed by atoms with Crippen molar-refractivity contribution in [2.45, 2.75) is 44.2 Å². The number of para-hydroxylation sites is 1. The normalized spacial score (nSPS) is 21.0. The fourth-order valence-corrected chi connectivity index (χ4v) is 5.93. The van der Waals surface area contributed by atoms with E-state index in [0.717, 1.165) is 5.56 Å². The van der Waals surface area contributed by atoms with E-state index in [1.54, 1.807) is 6.07 Å². The zero-order valence-electron chi connectivity index (χ0n) is 21.2. The largest absolute Gasteiger partial charge is 0.349 e. The van der Waals surface area contributed by atoms with Crippen molar-refractivity contribution in [3.8, 4) is 6.07 Å². The summed E-state index contributed by atoms with van der Waals surface area (Å²) in [6.07, 6.45) is 0.502. The molecule has 2 N–H and O–H groups in total. The van der Waals surface area contributed by atoms with Crippen LogP contribution in [0.15, 0.2) is 42.5 Å². The molecule has 0 aliphatic carbocycles. The van der Waals surface area contributed by atoms with Crippen LogP contribution in [0.4, 0.5) is 10.1 Å². The lowest BCUT2D eigenvalue weighted by atomic mass is 9.80. The molecular formula is C28H27ClFN5O3. The van der Waals surface area contributed by atoms with Crippen molar-refractivity contribution >= 4 is 45.9 Å². The first-order valence-electron chi connectivity index (χ1n) is 12.4. The van der Waals surface area contributed by atoms with Crippen molar-refractivity contribution in [2.75, 3.05) is 18.9 Å². The Morgan fingerprint density at radius 2 is 2.03 bits per heavy atom. The molecule has 3 amide bonds. The lowest BCUT2D eigenvalue weighted by molar-refractivity contribution is -0.136. The van der Waals surface area contributed by atoms with Crippen LogP contribution >= 0.6 is 11.6 Å². The Bertz CT molecular complexity index is 1510. The van der Waals surface area contributed by atoms with E-state index in [4.69, 9.17) is 11.6 Å². The molecule has 1 saturated heterocycles. The molecule has 10 heteroatoms. The number of likely N-dealkylation sites (N-methyl/N-ethyl adjacent to an activating group) is 1. The maximum absolute atomic E-state index is 14.0. The summed E-state index contributed by atoms with van der Waals surface area (Å²) in [5.41, 5.74) is 0.969. The second-order valence-corrected chi connectivity index (χ2v) is 10.8. The molecule has 0 saturated carbocycles. The van der Waals surface area contributed by atoms with Crippen LogP contribution in [0.2, 0.25) is 5.02 Å². The molecule has 8 nitrogen and oxygen atoms in total. The Balaban J connectivity index is 1.48. The van der Waals surface area contributed by atoms with Gasteiger partial charge in [-0.05, 0) is 42.2 Å². The summed E-state index contributed by atoms with van der Waals surface area (Å²) < 4.78 is 13.8. The van der Waals surface area contributed by atoms with Gasteiger partial charge in [-0.3, -0.25) is 14.4 Å². The number of nitrogens with zero attached hydrogens (tertiary/aromatic N) is 3. The highest BCUT2D eigenvalue weighted by atomic mass is 35.5. The van der Waals surface area contributed by atoms with Crippen molar-refractivity contribution in [3.05, 3.63) is 64.6 Å². The third-order valence-electron chi connectivity index (χ3n) is 7.59. The second-order valence-electron chi connectivity index (χ2n) is 10.5. The van der Waals surface area contributed by atoms with Gasteiger partial charge in [0.05, 0.1) is 16.5 Å². The number of benzene rings is 2. The van der Waals surface area contributed by atoms with Gasteiger partial charge in [-0.15, -0.1) is 0 Å². The fraction of sp³-hybridized carbons (Fsp3) is 0.357. The quantitative estimate of drug-likeness (QED) is 0.502. The van der Waals surface area contributed by atoms with Gasteiger partial charge in [0.25, 0.3) is 5.91 Å². The number of fused-ring (bicyclic) bond motifs is 3. The van der Waals surface area contributed by atoms with Crippen LogP contribution in [0.3, 0.4) is 0 Å². The molecule has 0 radical (unpaired) electrons. The number of aromatic amines is 1. The van der Waals surface area contributed by atoms with Crippen LogP contribution in [0.25, 0.3) is 10.9 Å². The molecule has 5 rings (SSSR count). The van der Waals surface area contributed by atoms with Crippen molar-refractivity contribution < 1.29 is 18.8 Å². The molecule has 2 aliphatic heterocycles. The summed E-state index contributed by atoms with van der Waals surface area (Å²) in [7, 11) is 1.51. The molecule has 3 atom stereocenters. The van der Waals surface area contributed by atoms with E-state index < -0.39 is 35.1 Å².